The molecule has 0 aromatic carbocycles. The van der Waals surface area contributed by atoms with Gasteiger partial charge in [0.05, 0.1) is 5.75 Å². The summed E-state index contributed by atoms with van der Waals surface area (Å²) in [6.07, 6.45) is 1.48. The van der Waals surface area contributed by atoms with E-state index < -0.39 is 10.0 Å². The summed E-state index contributed by atoms with van der Waals surface area (Å²) in [6.45, 7) is 4.33. The number of aromatic nitrogens is 2. The summed E-state index contributed by atoms with van der Waals surface area (Å²) in [6, 6.07) is 3.45. The summed E-state index contributed by atoms with van der Waals surface area (Å²) >= 11 is 0. The molecule has 0 saturated carbocycles. The fraction of sp³-hybridized carbons (Fsp3) is 0.556. The first-order chi connectivity index (χ1) is 7.49. The van der Waals surface area contributed by atoms with Crippen LogP contribution < -0.4 is 10.0 Å². The fourth-order valence-corrected chi connectivity index (χ4v) is 1.96. The second-order valence-electron chi connectivity index (χ2n) is 3.64. The number of anilines is 1. The maximum Gasteiger partial charge on any atom is 0.235 e. The Bertz CT molecular complexity index is 405. The fourth-order valence-electron chi connectivity index (χ4n) is 1.05. The van der Waals surface area contributed by atoms with E-state index in [-0.39, 0.29) is 17.6 Å². The topological polar surface area (TPSA) is 84.0 Å². The highest BCUT2D eigenvalue weighted by Crippen LogP contribution is 2.01. The maximum absolute atomic E-state index is 11.6. The van der Waals surface area contributed by atoms with E-state index in [2.05, 4.69) is 20.2 Å². The first-order valence-corrected chi connectivity index (χ1v) is 6.66. The van der Waals surface area contributed by atoms with Crippen LogP contribution in [0, 0.1) is 0 Å². The zero-order chi connectivity index (χ0) is 12.0. The number of rotatable bonds is 6. The maximum atomic E-state index is 11.6. The van der Waals surface area contributed by atoms with Crippen molar-refractivity contribution in [1.29, 1.82) is 0 Å². The number of hydrogen-bond acceptors (Lipinski definition) is 5. The highest BCUT2D eigenvalue weighted by Gasteiger charge is 2.10. The van der Waals surface area contributed by atoms with Crippen LogP contribution >= 0.6 is 0 Å². The van der Waals surface area contributed by atoms with Crippen LogP contribution in [0.25, 0.3) is 0 Å². The van der Waals surface area contributed by atoms with E-state index in [0.29, 0.717) is 6.54 Å². The lowest BCUT2D eigenvalue weighted by Crippen LogP contribution is -2.31. The Labute approximate surface area is 95.5 Å². The van der Waals surface area contributed by atoms with Crippen molar-refractivity contribution in [2.75, 3.05) is 17.0 Å². The molecule has 1 rings (SSSR count). The van der Waals surface area contributed by atoms with Gasteiger partial charge < -0.3 is 5.32 Å². The standard InChI is InChI=1S/C9H16N4O2S/c1-8(2)10-6-7-16(14,15)13-9-4-3-5-11-12-9/h3-5,8,10H,6-7H2,1-2H3,(H,12,13). The molecule has 7 heteroatoms. The molecule has 2 N–H and O–H groups in total. The van der Waals surface area contributed by atoms with Gasteiger partial charge in [0.1, 0.15) is 0 Å². The van der Waals surface area contributed by atoms with E-state index in [0.717, 1.165) is 0 Å². The van der Waals surface area contributed by atoms with Crippen molar-refractivity contribution in [1.82, 2.24) is 15.5 Å². The zero-order valence-electron chi connectivity index (χ0n) is 9.34. The van der Waals surface area contributed by atoms with Crippen molar-refractivity contribution in [3.8, 4) is 0 Å². The van der Waals surface area contributed by atoms with Crippen LogP contribution in [-0.2, 0) is 10.0 Å². The van der Waals surface area contributed by atoms with E-state index in [1.807, 2.05) is 13.8 Å². The van der Waals surface area contributed by atoms with Crippen molar-refractivity contribution in [2.45, 2.75) is 19.9 Å². The van der Waals surface area contributed by atoms with Gasteiger partial charge in [0.2, 0.25) is 10.0 Å². The molecule has 6 nitrogen and oxygen atoms in total. The molecule has 0 saturated heterocycles. The summed E-state index contributed by atoms with van der Waals surface area (Å²) in [5.41, 5.74) is 0. The molecule has 1 aromatic heterocycles. The first-order valence-electron chi connectivity index (χ1n) is 5.01. The zero-order valence-corrected chi connectivity index (χ0v) is 10.2. The van der Waals surface area contributed by atoms with Crippen LogP contribution in [-0.4, -0.2) is 37.0 Å². The summed E-state index contributed by atoms with van der Waals surface area (Å²) in [5, 5.41) is 10.3. The molecule has 0 aliphatic heterocycles. The molecule has 0 radical (unpaired) electrons. The van der Waals surface area contributed by atoms with Crippen molar-refractivity contribution in [3.63, 3.8) is 0 Å². The monoisotopic (exact) mass is 244 g/mol. The molecule has 0 atom stereocenters. The predicted molar refractivity (Wildman–Crippen MR) is 62.6 cm³/mol. The lowest BCUT2D eigenvalue weighted by Gasteiger charge is -2.09. The molecular weight excluding hydrogens is 228 g/mol. The van der Waals surface area contributed by atoms with Crippen LogP contribution in [0.5, 0.6) is 0 Å². The van der Waals surface area contributed by atoms with Gasteiger partial charge in [-0.15, -0.1) is 5.10 Å². The summed E-state index contributed by atoms with van der Waals surface area (Å²) < 4.78 is 25.5. The van der Waals surface area contributed by atoms with Gasteiger partial charge in [-0.1, -0.05) is 13.8 Å². The average molecular weight is 244 g/mol. The first kappa shape index (κ1) is 12.9. The van der Waals surface area contributed by atoms with Gasteiger partial charge >= 0.3 is 0 Å². The number of sulfonamides is 1. The minimum Gasteiger partial charge on any atom is -0.313 e. The lowest BCUT2D eigenvalue weighted by molar-refractivity contribution is 0.581. The Morgan fingerprint density at radius 3 is 2.75 bits per heavy atom. The van der Waals surface area contributed by atoms with Gasteiger partial charge in [-0.3, -0.25) is 4.72 Å². The Kier molecular flexibility index (Phi) is 4.63. The molecule has 0 aliphatic rings. The van der Waals surface area contributed by atoms with Crippen LogP contribution in [0.1, 0.15) is 13.8 Å². The average Bonchev–Trinajstić information content (AvgIpc) is 2.17. The van der Waals surface area contributed by atoms with Gasteiger partial charge in [0.25, 0.3) is 0 Å². The molecule has 0 aliphatic carbocycles. The summed E-state index contributed by atoms with van der Waals surface area (Å²) in [7, 11) is -3.35. The Morgan fingerprint density at radius 1 is 1.44 bits per heavy atom. The van der Waals surface area contributed by atoms with Gasteiger partial charge in [0.15, 0.2) is 5.82 Å². The van der Waals surface area contributed by atoms with Crippen molar-refractivity contribution < 1.29 is 8.42 Å². The molecule has 0 spiro atoms. The van der Waals surface area contributed by atoms with Gasteiger partial charge in [-0.25, -0.2) is 8.42 Å². The van der Waals surface area contributed by atoms with E-state index in [1.54, 1.807) is 12.1 Å². The summed E-state index contributed by atoms with van der Waals surface area (Å²) in [4.78, 5) is 0. The van der Waals surface area contributed by atoms with E-state index in [4.69, 9.17) is 0 Å². The van der Waals surface area contributed by atoms with Crippen LogP contribution in [0.3, 0.4) is 0 Å². The van der Waals surface area contributed by atoms with Crippen molar-refractivity contribution in [3.05, 3.63) is 18.3 Å². The molecule has 0 fully saturated rings. The second kappa shape index (κ2) is 5.76. The molecule has 1 heterocycles. The second-order valence-corrected chi connectivity index (χ2v) is 5.48. The lowest BCUT2D eigenvalue weighted by atomic mass is 10.4. The normalized spacial score (nSPS) is 11.7. The third kappa shape index (κ3) is 5.04. The smallest absolute Gasteiger partial charge is 0.235 e. The van der Waals surface area contributed by atoms with Crippen LogP contribution in [0.2, 0.25) is 0 Å². The highest BCUT2D eigenvalue weighted by atomic mass is 32.2. The molecule has 0 amide bonds. The minimum absolute atomic E-state index is 0.0156. The molecule has 1 aromatic rings. The summed E-state index contributed by atoms with van der Waals surface area (Å²) in [5.74, 6) is 0.258. The Hall–Kier alpha value is -1.21. The quantitative estimate of drug-likeness (QED) is 0.747. The third-order valence-electron chi connectivity index (χ3n) is 1.76. The van der Waals surface area contributed by atoms with Crippen LogP contribution in [0.15, 0.2) is 18.3 Å². The van der Waals surface area contributed by atoms with Gasteiger partial charge in [-0.2, -0.15) is 5.10 Å². The van der Waals surface area contributed by atoms with E-state index in [1.165, 1.54) is 6.20 Å². The number of hydrogen-bond donors (Lipinski definition) is 2. The van der Waals surface area contributed by atoms with Crippen molar-refractivity contribution >= 4 is 15.8 Å². The Balaban J connectivity index is 2.46. The third-order valence-corrected chi connectivity index (χ3v) is 3.02. The largest absolute Gasteiger partial charge is 0.313 e. The molecular formula is C9H16N4O2S. The predicted octanol–water partition coefficient (Wildman–Crippen LogP) is 0.216. The van der Waals surface area contributed by atoms with E-state index >= 15 is 0 Å². The van der Waals surface area contributed by atoms with Crippen LogP contribution in [0.4, 0.5) is 5.82 Å². The van der Waals surface area contributed by atoms with Crippen molar-refractivity contribution in [2.24, 2.45) is 0 Å². The molecule has 0 unspecified atom stereocenters. The SMILES string of the molecule is CC(C)NCCS(=O)(=O)Nc1cccnn1. The van der Waals surface area contributed by atoms with Gasteiger partial charge in [0, 0.05) is 18.8 Å². The molecule has 16 heavy (non-hydrogen) atoms. The van der Waals surface area contributed by atoms with E-state index in [9.17, 15) is 8.42 Å². The number of nitrogens with zero attached hydrogens (tertiary/aromatic N) is 2. The highest BCUT2D eigenvalue weighted by molar-refractivity contribution is 7.92. The Morgan fingerprint density at radius 2 is 2.19 bits per heavy atom. The molecule has 90 valence electrons. The number of nitrogens with one attached hydrogen (secondary N) is 2. The molecule has 0 bridgehead atoms. The minimum atomic E-state index is -3.35. The van der Waals surface area contributed by atoms with Gasteiger partial charge in [-0.05, 0) is 12.1 Å².